The molecular weight excluding hydrogens is 298 g/mol. The Morgan fingerprint density at radius 2 is 2.10 bits per heavy atom. The zero-order valence-electron chi connectivity index (χ0n) is 11.5. The van der Waals surface area contributed by atoms with E-state index in [9.17, 15) is 18.5 Å². The van der Waals surface area contributed by atoms with Crippen LogP contribution in [0.4, 0.5) is 5.69 Å². The van der Waals surface area contributed by atoms with Crippen molar-refractivity contribution in [3.8, 4) is 5.75 Å². The van der Waals surface area contributed by atoms with Gasteiger partial charge in [-0.25, -0.2) is 13.1 Å². The van der Waals surface area contributed by atoms with Crippen molar-refractivity contribution >= 4 is 15.7 Å². The molecule has 0 amide bonds. The molecule has 1 aromatic carbocycles. The first kappa shape index (κ1) is 15.7. The van der Waals surface area contributed by atoms with E-state index in [1.165, 1.54) is 19.2 Å². The van der Waals surface area contributed by atoms with E-state index in [-0.39, 0.29) is 22.9 Å². The van der Waals surface area contributed by atoms with Crippen molar-refractivity contribution in [3.05, 3.63) is 28.3 Å². The van der Waals surface area contributed by atoms with Gasteiger partial charge in [-0.2, -0.15) is 0 Å². The van der Waals surface area contributed by atoms with Crippen molar-refractivity contribution in [2.45, 2.75) is 23.8 Å². The summed E-state index contributed by atoms with van der Waals surface area (Å²) in [5.41, 5.74) is -0.299. The molecule has 8 nitrogen and oxygen atoms in total. The Morgan fingerprint density at radius 1 is 1.38 bits per heavy atom. The quantitative estimate of drug-likeness (QED) is 0.413. The number of sulfonamides is 1. The maximum atomic E-state index is 12.2. The van der Waals surface area contributed by atoms with Crippen LogP contribution in [-0.2, 0) is 10.0 Å². The van der Waals surface area contributed by atoms with Crippen LogP contribution in [0, 0.1) is 10.1 Å². The Hall–Kier alpha value is -1.71. The molecule has 0 radical (unpaired) electrons. The van der Waals surface area contributed by atoms with E-state index in [0.29, 0.717) is 12.6 Å². The largest absolute Gasteiger partial charge is 0.495 e. The van der Waals surface area contributed by atoms with Gasteiger partial charge in [-0.3, -0.25) is 10.1 Å². The third-order valence-electron chi connectivity index (χ3n) is 3.07. The number of benzene rings is 1. The lowest BCUT2D eigenvalue weighted by atomic mass is 10.3. The molecule has 0 heterocycles. The highest BCUT2D eigenvalue weighted by Gasteiger charge is 2.23. The van der Waals surface area contributed by atoms with E-state index in [1.807, 2.05) is 0 Å². The van der Waals surface area contributed by atoms with Crippen LogP contribution >= 0.6 is 0 Å². The van der Waals surface area contributed by atoms with E-state index in [1.54, 1.807) is 0 Å². The van der Waals surface area contributed by atoms with Gasteiger partial charge in [-0.15, -0.1) is 0 Å². The smallest absolute Gasteiger partial charge is 0.271 e. The summed E-state index contributed by atoms with van der Waals surface area (Å²) in [4.78, 5) is 9.88. The molecule has 0 unspecified atom stereocenters. The number of hydrogen-bond donors (Lipinski definition) is 2. The van der Waals surface area contributed by atoms with Crippen LogP contribution in [0.1, 0.15) is 12.8 Å². The number of hydrogen-bond acceptors (Lipinski definition) is 6. The zero-order chi connectivity index (χ0) is 15.5. The van der Waals surface area contributed by atoms with Gasteiger partial charge in [0, 0.05) is 31.3 Å². The Kier molecular flexibility index (Phi) is 4.76. The van der Waals surface area contributed by atoms with E-state index >= 15 is 0 Å². The van der Waals surface area contributed by atoms with E-state index in [0.717, 1.165) is 18.9 Å². The van der Waals surface area contributed by atoms with Crippen LogP contribution in [0.3, 0.4) is 0 Å². The second-order valence-corrected chi connectivity index (χ2v) is 6.45. The maximum Gasteiger partial charge on any atom is 0.271 e. The molecule has 21 heavy (non-hydrogen) atoms. The number of nitrogens with zero attached hydrogens (tertiary/aromatic N) is 1. The van der Waals surface area contributed by atoms with Crippen molar-refractivity contribution in [1.82, 2.24) is 10.0 Å². The van der Waals surface area contributed by atoms with Gasteiger partial charge in [0.1, 0.15) is 10.6 Å². The fourth-order valence-electron chi connectivity index (χ4n) is 1.82. The molecule has 1 aromatic rings. The summed E-state index contributed by atoms with van der Waals surface area (Å²) < 4.78 is 31.8. The number of nitrogens with one attached hydrogen (secondary N) is 2. The normalized spacial score (nSPS) is 14.9. The molecule has 0 saturated heterocycles. The van der Waals surface area contributed by atoms with Crippen LogP contribution in [0.25, 0.3) is 0 Å². The van der Waals surface area contributed by atoms with Gasteiger partial charge in [0.15, 0.2) is 0 Å². The summed E-state index contributed by atoms with van der Waals surface area (Å²) in [6.45, 7) is 0.728. The topological polar surface area (TPSA) is 111 Å². The number of rotatable bonds is 8. The molecule has 1 fully saturated rings. The fraction of sp³-hybridized carbons (Fsp3) is 0.500. The molecule has 0 bridgehead atoms. The van der Waals surface area contributed by atoms with Gasteiger partial charge in [0.2, 0.25) is 10.0 Å². The zero-order valence-corrected chi connectivity index (χ0v) is 12.4. The Morgan fingerprint density at radius 3 is 2.67 bits per heavy atom. The molecule has 2 N–H and O–H groups in total. The minimum absolute atomic E-state index is 0.0725. The summed E-state index contributed by atoms with van der Waals surface area (Å²) in [5, 5.41) is 13.9. The van der Waals surface area contributed by atoms with Gasteiger partial charge < -0.3 is 10.1 Å². The average molecular weight is 315 g/mol. The summed E-state index contributed by atoms with van der Waals surface area (Å²) in [5.74, 6) is 0.0725. The molecule has 2 rings (SSSR count). The summed E-state index contributed by atoms with van der Waals surface area (Å²) in [6, 6.07) is 3.96. The van der Waals surface area contributed by atoms with Crippen molar-refractivity contribution in [3.63, 3.8) is 0 Å². The predicted octanol–water partition coefficient (Wildman–Crippen LogP) is 0.634. The standard InChI is InChI=1S/C12H17N3O5S/c1-20-11-5-4-10(15(16)17)8-12(11)21(18,19)14-7-6-13-9-2-3-9/h4-5,8-9,13-14H,2-3,6-7H2,1H3. The van der Waals surface area contributed by atoms with Crippen molar-refractivity contribution in [1.29, 1.82) is 0 Å². The van der Waals surface area contributed by atoms with E-state index < -0.39 is 14.9 Å². The van der Waals surface area contributed by atoms with Crippen LogP contribution in [0.15, 0.2) is 23.1 Å². The van der Waals surface area contributed by atoms with Crippen molar-refractivity contribution < 1.29 is 18.1 Å². The lowest BCUT2D eigenvalue weighted by molar-refractivity contribution is -0.385. The number of ether oxygens (including phenoxy) is 1. The number of nitro groups is 1. The maximum absolute atomic E-state index is 12.2. The Bertz CT molecular complexity index is 628. The molecule has 1 aliphatic rings. The second kappa shape index (κ2) is 6.37. The molecule has 9 heteroatoms. The van der Waals surface area contributed by atoms with Gasteiger partial charge in [-0.1, -0.05) is 0 Å². The van der Waals surface area contributed by atoms with Crippen LogP contribution < -0.4 is 14.8 Å². The van der Waals surface area contributed by atoms with Crippen LogP contribution in [0.2, 0.25) is 0 Å². The summed E-state index contributed by atoms with van der Waals surface area (Å²) in [6.07, 6.45) is 2.23. The average Bonchev–Trinajstić information content (AvgIpc) is 3.27. The van der Waals surface area contributed by atoms with Crippen LogP contribution in [0.5, 0.6) is 5.75 Å². The molecule has 0 atom stereocenters. The number of nitro benzene ring substituents is 1. The first-order valence-corrected chi connectivity index (χ1v) is 7.98. The molecule has 0 aliphatic heterocycles. The van der Waals surface area contributed by atoms with Gasteiger partial charge in [0.25, 0.3) is 5.69 Å². The third kappa shape index (κ3) is 4.13. The van der Waals surface area contributed by atoms with Gasteiger partial charge in [0.05, 0.1) is 12.0 Å². The highest BCUT2D eigenvalue weighted by atomic mass is 32.2. The molecule has 0 spiro atoms. The molecule has 116 valence electrons. The lowest BCUT2D eigenvalue weighted by Crippen LogP contribution is -2.32. The minimum atomic E-state index is -3.86. The number of non-ortho nitro benzene ring substituents is 1. The van der Waals surface area contributed by atoms with Crippen molar-refractivity contribution in [2.75, 3.05) is 20.2 Å². The van der Waals surface area contributed by atoms with Crippen molar-refractivity contribution in [2.24, 2.45) is 0 Å². The Labute approximate surface area is 122 Å². The molecule has 1 aliphatic carbocycles. The SMILES string of the molecule is COc1ccc([N+](=O)[O-])cc1S(=O)(=O)NCCNC1CC1. The minimum Gasteiger partial charge on any atom is -0.495 e. The van der Waals surface area contributed by atoms with Gasteiger partial charge in [-0.05, 0) is 18.9 Å². The highest BCUT2D eigenvalue weighted by Crippen LogP contribution is 2.27. The van der Waals surface area contributed by atoms with E-state index in [2.05, 4.69) is 10.0 Å². The monoisotopic (exact) mass is 315 g/mol. The number of methoxy groups -OCH3 is 1. The summed E-state index contributed by atoms with van der Waals surface area (Å²) >= 11 is 0. The Balaban J connectivity index is 2.12. The molecular formula is C12H17N3O5S. The van der Waals surface area contributed by atoms with Gasteiger partial charge >= 0.3 is 0 Å². The summed E-state index contributed by atoms with van der Waals surface area (Å²) in [7, 11) is -2.54. The lowest BCUT2D eigenvalue weighted by Gasteiger charge is -2.10. The third-order valence-corrected chi connectivity index (χ3v) is 4.56. The van der Waals surface area contributed by atoms with E-state index in [4.69, 9.17) is 4.74 Å². The fourth-order valence-corrected chi connectivity index (χ4v) is 3.03. The molecule has 1 saturated carbocycles. The predicted molar refractivity (Wildman–Crippen MR) is 75.9 cm³/mol. The second-order valence-electron chi connectivity index (χ2n) is 4.72. The molecule has 0 aromatic heterocycles. The van der Waals surface area contributed by atoms with Crippen LogP contribution in [-0.4, -0.2) is 39.6 Å². The first-order chi connectivity index (χ1) is 9.94. The first-order valence-electron chi connectivity index (χ1n) is 6.49. The highest BCUT2D eigenvalue weighted by molar-refractivity contribution is 7.89.